The van der Waals surface area contributed by atoms with Crippen molar-refractivity contribution in [3.05, 3.63) is 0 Å². The Bertz CT molecular complexity index is 153. The van der Waals surface area contributed by atoms with Crippen LogP contribution in [0.3, 0.4) is 0 Å². The second kappa shape index (κ2) is 7.66. The highest BCUT2D eigenvalue weighted by Crippen LogP contribution is 1.89. The molecule has 0 aliphatic carbocycles. The van der Waals surface area contributed by atoms with Crippen LogP contribution in [0.15, 0.2) is 0 Å². The molecule has 62 valence electrons. The van der Waals surface area contributed by atoms with Crippen molar-refractivity contribution in [1.29, 1.82) is 0 Å². The van der Waals surface area contributed by atoms with E-state index in [1.54, 1.807) is 0 Å². The predicted octanol–water partition coefficient (Wildman–Crippen LogP) is 1.17. The molecule has 0 saturated carbocycles. The molecule has 1 amide bonds. The maximum atomic E-state index is 10.6. The second-order valence-corrected chi connectivity index (χ2v) is 2.81. The fourth-order valence-electron chi connectivity index (χ4n) is 0.394. The molecular formula is C7H10INO2. The topological polar surface area (TPSA) is 38.3 Å². The third kappa shape index (κ3) is 7.46. The third-order valence-corrected chi connectivity index (χ3v) is 1.61. The number of rotatable bonds is 4. The standard InChI is InChI=1S/C7H10INO2/c1-2-5-9-7(10)11-6-3-4-8/h1H,3-6H2,(H,9,10). The SMILES string of the molecule is C#CCNC(=O)OCCCI. The van der Waals surface area contributed by atoms with Crippen LogP contribution in [-0.4, -0.2) is 23.7 Å². The van der Waals surface area contributed by atoms with Crippen molar-refractivity contribution < 1.29 is 9.53 Å². The van der Waals surface area contributed by atoms with Gasteiger partial charge in [-0.05, 0) is 6.42 Å². The molecule has 1 N–H and O–H groups in total. The summed E-state index contributed by atoms with van der Waals surface area (Å²) >= 11 is 2.22. The lowest BCUT2D eigenvalue weighted by atomic mass is 10.5. The van der Waals surface area contributed by atoms with Gasteiger partial charge >= 0.3 is 6.09 Å². The highest BCUT2D eigenvalue weighted by molar-refractivity contribution is 14.1. The number of nitrogens with one attached hydrogen (secondary N) is 1. The van der Waals surface area contributed by atoms with Gasteiger partial charge in [-0.2, -0.15) is 0 Å². The zero-order valence-electron chi connectivity index (χ0n) is 6.10. The molecule has 0 aliphatic rings. The fraction of sp³-hybridized carbons (Fsp3) is 0.571. The van der Waals surface area contributed by atoms with Crippen LogP contribution in [0.5, 0.6) is 0 Å². The first-order chi connectivity index (χ1) is 5.31. The minimum absolute atomic E-state index is 0.225. The lowest BCUT2D eigenvalue weighted by Gasteiger charge is -2.02. The molecule has 0 unspecified atom stereocenters. The Hall–Kier alpha value is -0.440. The van der Waals surface area contributed by atoms with E-state index >= 15 is 0 Å². The molecule has 0 heterocycles. The predicted molar refractivity (Wildman–Crippen MR) is 51.7 cm³/mol. The first-order valence-electron chi connectivity index (χ1n) is 3.21. The van der Waals surface area contributed by atoms with Gasteiger partial charge in [-0.3, -0.25) is 0 Å². The Kier molecular flexibility index (Phi) is 7.36. The molecule has 0 bridgehead atoms. The van der Waals surface area contributed by atoms with Crippen molar-refractivity contribution in [1.82, 2.24) is 5.32 Å². The van der Waals surface area contributed by atoms with E-state index in [-0.39, 0.29) is 6.54 Å². The van der Waals surface area contributed by atoms with Crippen molar-refractivity contribution in [2.45, 2.75) is 6.42 Å². The molecule has 0 radical (unpaired) electrons. The molecular weight excluding hydrogens is 257 g/mol. The van der Waals surface area contributed by atoms with Gasteiger partial charge in [0, 0.05) is 4.43 Å². The average Bonchev–Trinajstić information content (AvgIpc) is 2.01. The van der Waals surface area contributed by atoms with Gasteiger partial charge in [0.2, 0.25) is 0 Å². The molecule has 0 aromatic carbocycles. The fourth-order valence-corrected chi connectivity index (χ4v) is 0.705. The summed E-state index contributed by atoms with van der Waals surface area (Å²) in [6, 6.07) is 0. The maximum Gasteiger partial charge on any atom is 0.407 e. The van der Waals surface area contributed by atoms with Crippen LogP contribution in [-0.2, 0) is 4.74 Å². The van der Waals surface area contributed by atoms with Gasteiger partial charge in [-0.15, -0.1) is 6.42 Å². The van der Waals surface area contributed by atoms with E-state index in [9.17, 15) is 4.79 Å². The van der Waals surface area contributed by atoms with E-state index in [2.05, 4.69) is 33.8 Å². The van der Waals surface area contributed by atoms with Gasteiger partial charge in [-0.1, -0.05) is 28.5 Å². The van der Waals surface area contributed by atoms with Crippen LogP contribution in [0.4, 0.5) is 4.79 Å². The summed E-state index contributed by atoms with van der Waals surface area (Å²) in [5, 5.41) is 2.39. The Morgan fingerprint density at radius 3 is 3.00 bits per heavy atom. The number of hydrogen-bond donors (Lipinski definition) is 1. The molecule has 3 nitrogen and oxygen atoms in total. The summed E-state index contributed by atoms with van der Waals surface area (Å²) < 4.78 is 5.72. The maximum absolute atomic E-state index is 10.6. The Morgan fingerprint density at radius 1 is 1.73 bits per heavy atom. The molecule has 0 aliphatic heterocycles. The first-order valence-corrected chi connectivity index (χ1v) is 4.74. The van der Waals surface area contributed by atoms with E-state index in [0.717, 1.165) is 10.8 Å². The van der Waals surface area contributed by atoms with E-state index in [1.807, 2.05) is 0 Å². The van der Waals surface area contributed by atoms with Crippen molar-refractivity contribution in [2.75, 3.05) is 17.6 Å². The molecule has 0 fully saturated rings. The zero-order valence-corrected chi connectivity index (χ0v) is 8.26. The number of terminal acetylenes is 1. The number of carbonyl (C=O) groups excluding carboxylic acids is 1. The van der Waals surface area contributed by atoms with Crippen LogP contribution >= 0.6 is 22.6 Å². The lowest BCUT2D eigenvalue weighted by Crippen LogP contribution is -2.24. The summed E-state index contributed by atoms with van der Waals surface area (Å²) in [7, 11) is 0. The molecule has 0 saturated heterocycles. The number of halogens is 1. The average molecular weight is 267 g/mol. The Labute approximate surface area is 80.0 Å². The quantitative estimate of drug-likeness (QED) is 0.359. The third-order valence-electron chi connectivity index (χ3n) is 0.846. The van der Waals surface area contributed by atoms with Crippen LogP contribution in [0, 0.1) is 12.3 Å². The van der Waals surface area contributed by atoms with Crippen LogP contribution < -0.4 is 5.32 Å². The summed E-state index contributed by atoms with van der Waals surface area (Å²) in [6.07, 6.45) is 5.35. The number of amides is 1. The smallest absolute Gasteiger partial charge is 0.407 e. The first kappa shape index (κ1) is 10.6. The van der Waals surface area contributed by atoms with Gasteiger partial charge in [0.25, 0.3) is 0 Å². The number of alkyl carbamates (subject to hydrolysis) is 1. The minimum Gasteiger partial charge on any atom is -0.450 e. The Balaban J connectivity index is 3.17. The number of carbonyl (C=O) groups is 1. The molecule has 0 aromatic rings. The highest BCUT2D eigenvalue weighted by atomic mass is 127. The van der Waals surface area contributed by atoms with Gasteiger partial charge in [-0.25, -0.2) is 4.79 Å². The van der Waals surface area contributed by atoms with Crippen molar-refractivity contribution >= 4 is 28.7 Å². The monoisotopic (exact) mass is 267 g/mol. The van der Waals surface area contributed by atoms with E-state index < -0.39 is 6.09 Å². The summed E-state index contributed by atoms with van der Waals surface area (Å²) in [5.74, 6) is 2.28. The van der Waals surface area contributed by atoms with Crippen LogP contribution in [0.1, 0.15) is 6.42 Å². The Morgan fingerprint density at radius 2 is 2.45 bits per heavy atom. The highest BCUT2D eigenvalue weighted by Gasteiger charge is 1.97. The van der Waals surface area contributed by atoms with Gasteiger partial charge in [0.15, 0.2) is 0 Å². The lowest BCUT2D eigenvalue weighted by molar-refractivity contribution is 0.148. The molecule has 0 aromatic heterocycles. The van der Waals surface area contributed by atoms with E-state index in [1.165, 1.54) is 0 Å². The number of alkyl halides is 1. The molecule has 11 heavy (non-hydrogen) atoms. The van der Waals surface area contributed by atoms with Gasteiger partial charge in [0.1, 0.15) is 0 Å². The number of ether oxygens (including phenoxy) is 1. The minimum atomic E-state index is -0.437. The van der Waals surface area contributed by atoms with Crippen molar-refractivity contribution in [2.24, 2.45) is 0 Å². The number of hydrogen-bond acceptors (Lipinski definition) is 2. The van der Waals surface area contributed by atoms with E-state index in [0.29, 0.717) is 6.61 Å². The van der Waals surface area contributed by atoms with Crippen LogP contribution in [0.2, 0.25) is 0 Å². The normalized spacial score (nSPS) is 8.36. The molecule has 0 spiro atoms. The summed E-state index contributed by atoms with van der Waals surface area (Å²) in [5.41, 5.74) is 0. The van der Waals surface area contributed by atoms with Gasteiger partial charge in [0.05, 0.1) is 13.2 Å². The second-order valence-electron chi connectivity index (χ2n) is 1.74. The molecule has 4 heteroatoms. The summed E-state index contributed by atoms with van der Waals surface area (Å²) in [6.45, 7) is 0.683. The molecule has 0 atom stereocenters. The molecule has 0 rings (SSSR count). The largest absolute Gasteiger partial charge is 0.450 e. The van der Waals surface area contributed by atoms with Crippen LogP contribution in [0.25, 0.3) is 0 Å². The van der Waals surface area contributed by atoms with Crippen molar-refractivity contribution in [3.63, 3.8) is 0 Å². The summed E-state index contributed by atoms with van der Waals surface area (Å²) in [4.78, 5) is 10.6. The van der Waals surface area contributed by atoms with Crippen molar-refractivity contribution in [3.8, 4) is 12.3 Å². The van der Waals surface area contributed by atoms with E-state index in [4.69, 9.17) is 11.2 Å². The van der Waals surface area contributed by atoms with Gasteiger partial charge < -0.3 is 10.1 Å². The zero-order chi connectivity index (χ0) is 8.53.